The second-order valence-electron chi connectivity index (χ2n) is 4.80. The highest BCUT2D eigenvalue weighted by Crippen LogP contribution is 2.18. The average Bonchev–Trinajstić information content (AvgIpc) is 2.79. The molecule has 1 N–H and O–H groups in total. The third-order valence-corrected chi connectivity index (χ3v) is 3.37. The summed E-state index contributed by atoms with van der Waals surface area (Å²) < 4.78 is 5.48. The maximum atomic E-state index is 12.0. The van der Waals surface area contributed by atoms with Gasteiger partial charge in [-0.05, 0) is 33.1 Å². The van der Waals surface area contributed by atoms with Crippen molar-refractivity contribution < 1.29 is 19.4 Å². The molecule has 1 amide bonds. The fourth-order valence-electron chi connectivity index (χ4n) is 2.40. The second-order valence-corrected chi connectivity index (χ2v) is 4.80. The number of carboxylic acid groups (broad SMARTS) is 1. The van der Waals surface area contributed by atoms with Crippen LogP contribution in [-0.2, 0) is 14.3 Å². The third kappa shape index (κ3) is 4.64. The standard InChI is InChI=1S/C13H23NO4/c1-3-14(10(2)9-13(16)17)12(15)7-6-11-5-4-8-18-11/h10-11H,3-9H2,1-2H3,(H,16,17). The molecule has 2 unspecified atom stereocenters. The Hall–Kier alpha value is -1.10. The Balaban J connectivity index is 2.37. The van der Waals surface area contributed by atoms with Gasteiger partial charge in [-0.3, -0.25) is 9.59 Å². The van der Waals surface area contributed by atoms with Gasteiger partial charge in [0.2, 0.25) is 5.91 Å². The Morgan fingerprint density at radius 2 is 2.22 bits per heavy atom. The lowest BCUT2D eigenvalue weighted by Gasteiger charge is -2.27. The highest BCUT2D eigenvalue weighted by Gasteiger charge is 2.22. The molecular weight excluding hydrogens is 234 g/mol. The maximum Gasteiger partial charge on any atom is 0.305 e. The zero-order valence-electron chi connectivity index (χ0n) is 11.2. The number of carbonyl (C=O) groups excluding carboxylic acids is 1. The molecule has 1 aliphatic rings. The Morgan fingerprint density at radius 3 is 2.72 bits per heavy atom. The van der Waals surface area contributed by atoms with Gasteiger partial charge in [0.1, 0.15) is 0 Å². The molecule has 1 saturated heterocycles. The molecule has 1 rings (SSSR count). The number of rotatable bonds is 7. The first-order chi connectivity index (χ1) is 8.54. The molecule has 0 spiro atoms. The minimum absolute atomic E-state index is 0.000488. The predicted molar refractivity (Wildman–Crippen MR) is 67.3 cm³/mol. The SMILES string of the molecule is CCN(C(=O)CCC1CCCO1)C(C)CC(=O)O. The lowest BCUT2D eigenvalue weighted by atomic mass is 10.1. The molecule has 0 radical (unpaired) electrons. The monoisotopic (exact) mass is 257 g/mol. The highest BCUT2D eigenvalue weighted by atomic mass is 16.5. The summed E-state index contributed by atoms with van der Waals surface area (Å²) in [6, 6.07) is -0.246. The Morgan fingerprint density at radius 1 is 1.50 bits per heavy atom. The van der Waals surface area contributed by atoms with E-state index in [2.05, 4.69) is 0 Å². The van der Waals surface area contributed by atoms with Gasteiger partial charge in [0.15, 0.2) is 0 Å². The van der Waals surface area contributed by atoms with E-state index < -0.39 is 5.97 Å². The summed E-state index contributed by atoms with van der Waals surface area (Å²) in [6.45, 7) is 5.01. The molecule has 0 aromatic rings. The summed E-state index contributed by atoms with van der Waals surface area (Å²) in [5, 5.41) is 8.75. The maximum absolute atomic E-state index is 12.0. The number of ether oxygens (including phenoxy) is 1. The second kappa shape index (κ2) is 7.36. The number of aliphatic carboxylic acids is 1. The molecule has 5 heteroatoms. The molecule has 1 aliphatic heterocycles. The highest BCUT2D eigenvalue weighted by molar-refractivity contribution is 5.77. The fraction of sp³-hybridized carbons (Fsp3) is 0.846. The Kier molecular flexibility index (Phi) is 6.12. The number of carbonyl (C=O) groups is 2. The number of carboxylic acids is 1. The Bertz CT molecular complexity index is 287. The van der Waals surface area contributed by atoms with Gasteiger partial charge in [-0.1, -0.05) is 0 Å². The van der Waals surface area contributed by atoms with Crippen LogP contribution >= 0.6 is 0 Å². The minimum Gasteiger partial charge on any atom is -0.481 e. The van der Waals surface area contributed by atoms with Gasteiger partial charge in [0.05, 0.1) is 12.5 Å². The summed E-state index contributed by atoms with van der Waals surface area (Å²) in [6.07, 6.45) is 3.51. The smallest absolute Gasteiger partial charge is 0.305 e. The van der Waals surface area contributed by atoms with E-state index in [4.69, 9.17) is 9.84 Å². The van der Waals surface area contributed by atoms with Crippen molar-refractivity contribution in [2.24, 2.45) is 0 Å². The van der Waals surface area contributed by atoms with Gasteiger partial charge in [-0.15, -0.1) is 0 Å². The average molecular weight is 257 g/mol. The van der Waals surface area contributed by atoms with Crippen molar-refractivity contribution in [1.29, 1.82) is 0 Å². The van der Waals surface area contributed by atoms with Gasteiger partial charge < -0.3 is 14.7 Å². The predicted octanol–water partition coefficient (Wildman–Crippen LogP) is 1.66. The molecular formula is C13H23NO4. The summed E-state index contributed by atoms with van der Waals surface area (Å²) in [4.78, 5) is 24.3. The van der Waals surface area contributed by atoms with Gasteiger partial charge in [-0.2, -0.15) is 0 Å². The van der Waals surface area contributed by atoms with E-state index in [1.165, 1.54) is 0 Å². The minimum atomic E-state index is -0.868. The topological polar surface area (TPSA) is 66.8 Å². The summed E-state index contributed by atoms with van der Waals surface area (Å²) in [5.74, 6) is -0.838. The van der Waals surface area contributed by atoms with E-state index in [-0.39, 0.29) is 24.5 Å². The van der Waals surface area contributed by atoms with Crippen LogP contribution in [0.1, 0.15) is 46.0 Å². The van der Waals surface area contributed by atoms with Crippen LogP contribution in [0.2, 0.25) is 0 Å². The van der Waals surface area contributed by atoms with Crippen molar-refractivity contribution in [1.82, 2.24) is 4.90 Å². The first kappa shape index (κ1) is 15.0. The largest absolute Gasteiger partial charge is 0.481 e. The quantitative estimate of drug-likeness (QED) is 0.753. The van der Waals surface area contributed by atoms with Crippen LogP contribution < -0.4 is 0 Å². The van der Waals surface area contributed by atoms with Gasteiger partial charge in [-0.25, -0.2) is 0 Å². The van der Waals surface area contributed by atoms with Crippen molar-refractivity contribution in [2.45, 2.75) is 58.1 Å². The molecule has 0 saturated carbocycles. The summed E-state index contributed by atoms with van der Waals surface area (Å²) in [7, 11) is 0. The van der Waals surface area contributed by atoms with Crippen LogP contribution in [0.5, 0.6) is 0 Å². The van der Waals surface area contributed by atoms with E-state index in [9.17, 15) is 9.59 Å². The number of amides is 1. The van der Waals surface area contributed by atoms with Crippen molar-refractivity contribution in [3.63, 3.8) is 0 Å². The summed E-state index contributed by atoms with van der Waals surface area (Å²) >= 11 is 0. The molecule has 0 bridgehead atoms. The first-order valence-corrected chi connectivity index (χ1v) is 6.67. The summed E-state index contributed by atoms with van der Waals surface area (Å²) in [5.41, 5.74) is 0. The fourth-order valence-corrected chi connectivity index (χ4v) is 2.40. The zero-order chi connectivity index (χ0) is 13.5. The van der Waals surface area contributed by atoms with Crippen LogP contribution in [0.4, 0.5) is 0 Å². The number of nitrogens with zero attached hydrogens (tertiary/aromatic N) is 1. The molecule has 104 valence electrons. The van der Waals surface area contributed by atoms with Gasteiger partial charge in [0, 0.05) is 25.6 Å². The zero-order valence-corrected chi connectivity index (χ0v) is 11.2. The van der Waals surface area contributed by atoms with E-state index in [1.807, 2.05) is 6.92 Å². The first-order valence-electron chi connectivity index (χ1n) is 6.67. The van der Waals surface area contributed by atoms with E-state index in [0.29, 0.717) is 13.0 Å². The normalized spacial score (nSPS) is 20.7. The van der Waals surface area contributed by atoms with Crippen molar-refractivity contribution in [3.8, 4) is 0 Å². The molecule has 0 aromatic carbocycles. The van der Waals surface area contributed by atoms with Crippen LogP contribution in [0.25, 0.3) is 0 Å². The lowest BCUT2D eigenvalue weighted by molar-refractivity contribution is -0.140. The van der Waals surface area contributed by atoms with E-state index in [1.54, 1.807) is 11.8 Å². The molecule has 0 aliphatic carbocycles. The van der Waals surface area contributed by atoms with Crippen molar-refractivity contribution in [3.05, 3.63) is 0 Å². The molecule has 5 nitrogen and oxygen atoms in total. The Labute approximate surface area is 108 Å². The molecule has 2 atom stereocenters. The van der Waals surface area contributed by atoms with Crippen LogP contribution in [0.15, 0.2) is 0 Å². The molecule has 18 heavy (non-hydrogen) atoms. The molecule has 1 heterocycles. The number of hydrogen-bond acceptors (Lipinski definition) is 3. The van der Waals surface area contributed by atoms with Gasteiger partial charge in [0.25, 0.3) is 0 Å². The van der Waals surface area contributed by atoms with E-state index >= 15 is 0 Å². The van der Waals surface area contributed by atoms with Crippen LogP contribution in [0, 0.1) is 0 Å². The number of hydrogen-bond donors (Lipinski definition) is 1. The molecule has 0 aromatic heterocycles. The lowest BCUT2D eigenvalue weighted by Crippen LogP contribution is -2.39. The third-order valence-electron chi connectivity index (χ3n) is 3.37. The van der Waals surface area contributed by atoms with E-state index in [0.717, 1.165) is 25.9 Å². The van der Waals surface area contributed by atoms with Crippen LogP contribution in [-0.4, -0.2) is 47.2 Å². The van der Waals surface area contributed by atoms with Gasteiger partial charge >= 0.3 is 5.97 Å². The van der Waals surface area contributed by atoms with Crippen molar-refractivity contribution >= 4 is 11.9 Å². The van der Waals surface area contributed by atoms with Crippen molar-refractivity contribution in [2.75, 3.05) is 13.2 Å². The van der Waals surface area contributed by atoms with Crippen LogP contribution in [0.3, 0.4) is 0 Å². The molecule has 1 fully saturated rings.